The van der Waals surface area contributed by atoms with Crippen LogP contribution in [-0.4, -0.2) is 40.2 Å². The molecule has 0 amide bonds. The van der Waals surface area contributed by atoms with Gasteiger partial charge in [0, 0.05) is 42.4 Å². The van der Waals surface area contributed by atoms with Gasteiger partial charge in [0.2, 0.25) is 0 Å². The maximum Gasteiger partial charge on any atom is 0.258 e. The molecule has 2 unspecified atom stereocenters. The Bertz CT molecular complexity index is 1460. The van der Waals surface area contributed by atoms with Gasteiger partial charge in [0.05, 0.1) is 29.4 Å². The number of halogens is 2. The first kappa shape index (κ1) is 24.8. The number of H-pyrrole nitrogens is 1. The molecule has 192 valence electrons. The van der Waals surface area contributed by atoms with Gasteiger partial charge < -0.3 is 20.4 Å². The number of nitrogens with one attached hydrogen (secondary N) is 3. The zero-order chi connectivity index (χ0) is 26.1. The van der Waals surface area contributed by atoms with Crippen LogP contribution < -0.4 is 20.9 Å². The Morgan fingerprint density at radius 2 is 1.78 bits per heavy atom. The molecule has 7 nitrogen and oxygen atoms in total. The van der Waals surface area contributed by atoms with Crippen LogP contribution in [0.25, 0.3) is 22.2 Å². The predicted octanol–water partition coefficient (Wildman–Crippen LogP) is 4.80. The molecule has 0 bridgehead atoms. The fourth-order valence-corrected chi connectivity index (χ4v) is 5.08. The van der Waals surface area contributed by atoms with Crippen LogP contribution in [0, 0.1) is 11.6 Å². The monoisotopic (exact) mass is 505 g/mol. The molecular formula is C28H29F2N5O2. The van der Waals surface area contributed by atoms with E-state index >= 15 is 0 Å². The lowest BCUT2D eigenvalue weighted by Gasteiger charge is -2.34. The number of nitrogens with zero attached hydrogens (tertiary/aromatic N) is 2. The number of aromatic nitrogens is 3. The highest BCUT2D eigenvalue weighted by atomic mass is 19.1. The third-order valence-electron chi connectivity index (χ3n) is 6.64. The van der Waals surface area contributed by atoms with Crippen molar-refractivity contribution in [1.82, 2.24) is 20.3 Å². The summed E-state index contributed by atoms with van der Waals surface area (Å²) in [5, 5.41) is 7.58. The molecule has 4 aromatic rings. The fraction of sp³-hybridized carbons (Fsp3) is 0.321. The molecule has 3 N–H and O–H groups in total. The SMILES string of the molecule is COc1cc2c(=O)[nH]c(Cc3ccc(-c4cc(F)cc(F)c4)nc3)nc2cc1NC1CC(C)NC(C)C1. The lowest BCUT2D eigenvalue weighted by Crippen LogP contribution is -2.46. The van der Waals surface area contributed by atoms with Gasteiger partial charge in [-0.1, -0.05) is 6.07 Å². The van der Waals surface area contributed by atoms with Gasteiger partial charge in [0.15, 0.2) is 0 Å². The first-order chi connectivity index (χ1) is 17.8. The lowest BCUT2D eigenvalue weighted by molar-refractivity contribution is 0.329. The zero-order valence-corrected chi connectivity index (χ0v) is 20.9. The van der Waals surface area contributed by atoms with E-state index in [0.717, 1.165) is 30.2 Å². The highest BCUT2D eigenvalue weighted by molar-refractivity contribution is 5.85. The standard InChI is InChI=1S/C28H29F2N5O2/c1-15-6-21(7-16(2)32-15)33-25-13-24-22(12-26(25)37-3)28(36)35-27(34-24)8-17-4-5-23(31-14-17)18-9-19(29)11-20(30)10-18/h4-5,9-16,21,32-33H,6-8H2,1-3H3,(H,34,35,36). The summed E-state index contributed by atoms with van der Waals surface area (Å²) < 4.78 is 32.7. The lowest BCUT2D eigenvalue weighted by atomic mass is 9.95. The molecule has 3 heterocycles. The van der Waals surface area contributed by atoms with E-state index in [1.165, 1.54) is 12.1 Å². The number of pyridine rings is 1. The number of rotatable bonds is 6. The quantitative estimate of drug-likeness (QED) is 0.349. The van der Waals surface area contributed by atoms with Crippen LogP contribution in [0.3, 0.4) is 0 Å². The molecule has 1 aliphatic heterocycles. The molecule has 0 spiro atoms. The van der Waals surface area contributed by atoms with E-state index in [2.05, 4.69) is 34.4 Å². The van der Waals surface area contributed by atoms with Crippen molar-refractivity contribution in [1.29, 1.82) is 0 Å². The van der Waals surface area contributed by atoms with E-state index < -0.39 is 11.6 Å². The van der Waals surface area contributed by atoms with E-state index in [1.54, 1.807) is 31.5 Å². The van der Waals surface area contributed by atoms with Crippen LogP contribution in [0.2, 0.25) is 0 Å². The van der Waals surface area contributed by atoms with Crippen molar-refractivity contribution >= 4 is 16.6 Å². The van der Waals surface area contributed by atoms with Crippen LogP contribution in [-0.2, 0) is 6.42 Å². The van der Waals surface area contributed by atoms with Gasteiger partial charge in [-0.15, -0.1) is 0 Å². The summed E-state index contributed by atoms with van der Waals surface area (Å²) in [6.45, 7) is 4.35. The minimum absolute atomic E-state index is 0.256. The van der Waals surface area contributed by atoms with Crippen LogP contribution in [0.15, 0.2) is 53.5 Å². The predicted molar refractivity (Wildman–Crippen MR) is 140 cm³/mol. The van der Waals surface area contributed by atoms with Crippen molar-refractivity contribution < 1.29 is 13.5 Å². The Labute approximate surface area is 213 Å². The summed E-state index contributed by atoms with van der Waals surface area (Å²) in [5.41, 5.74) is 2.72. The molecule has 1 aliphatic rings. The molecule has 37 heavy (non-hydrogen) atoms. The van der Waals surface area contributed by atoms with Crippen molar-refractivity contribution in [2.45, 2.75) is 51.2 Å². The molecular weight excluding hydrogens is 476 g/mol. The number of hydrogen-bond donors (Lipinski definition) is 3. The number of piperidine rings is 1. The van der Waals surface area contributed by atoms with E-state index in [4.69, 9.17) is 9.72 Å². The number of hydrogen-bond acceptors (Lipinski definition) is 6. The average Bonchev–Trinajstić information content (AvgIpc) is 2.83. The van der Waals surface area contributed by atoms with Crippen molar-refractivity contribution in [3.05, 3.63) is 82.0 Å². The average molecular weight is 506 g/mol. The topological polar surface area (TPSA) is 91.9 Å². The highest BCUT2D eigenvalue weighted by Crippen LogP contribution is 2.31. The second-order valence-electron chi connectivity index (χ2n) is 9.75. The Balaban J connectivity index is 1.41. The van der Waals surface area contributed by atoms with Gasteiger partial charge in [-0.25, -0.2) is 13.8 Å². The molecule has 0 radical (unpaired) electrons. The van der Waals surface area contributed by atoms with Gasteiger partial charge in [-0.3, -0.25) is 9.78 Å². The molecule has 2 aromatic heterocycles. The first-order valence-electron chi connectivity index (χ1n) is 12.3. The van der Waals surface area contributed by atoms with Gasteiger partial charge in [-0.05, 0) is 62.6 Å². The summed E-state index contributed by atoms with van der Waals surface area (Å²) in [6.07, 6.45) is 3.91. The van der Waals surface area contributed by atoms with Crippen LogP contribution >= 0.6 is 0 Å². The number of aromatic amines is 1. The minimum Gasteiger partial charge on any atom is -0.495 e. The molecule has 9 heteroatoms. The Hall–Kier alpha value is -3.85. The molecule has 1 saturated heterocycles. The zero-order valence-electron chi connectivity index (χ0n) is 20.9. The minimum atomic E-state index is -0.659. The first-order valence-corrected chi connectivity index (χ1v) is 12.3. The molecule has 5 rings (SSSR count). The van der Waals surface area contributed by atoms with Crippen molar-refractivity contribution in [3.8, 4) is 17.0 Å². The van der Waals surface area contributed by atoms with Crippen molar-refractivity contribution in [3.63, 3.8) is 0 Å². The summed E-state index contributed by atoms with van der Waals surface area (Å²) in [4.78, 5) is 24.8. The maximum atomic E-state index is 13.6. The van der Waals surface area contributed by atoms with Crippen molar-refractivity contribution in [2.75, 3.05) is 12.4 Å². The van der Waals surface area contributed by atoms with E-state index in [-0.39, 0.29) is 11.6 Å². The second-order valence-corrected chi connectivity index (χ2v) is 9.75. The Morgan fingerprint density at radius 1 is 1.05 bits per heavy atom. The highest BCUT2D eigenvalue weighted by Gasteiger charge is 2.24. The fourth-order valence-electron chi connectivity index (χ4n) is 5.08. The molecule has 1 fully saturated rings. The largest absolute Gasteiger partial charge is 0.495 e. The smallest absolute Gasteiger partial charge is 0.258 e. The number of benzene rings is 2. The molecule has 2 atom stereocenters. The second kappa shape index (κ2) is 10.3. The molecule has 0 aliphatic carbocycles. The third-order valence-corrected chi connectivity index (χ3v) is 6.64. The number of ether oxygens (including phenoxy) is 1. The van der Waals surface area contributed by atoms with E-state index in [9.17, 15) is 13.6 Å². The number of fused-ring (bicyclic) bond motifs is 1. The number of anilines is 1. The molecule has 2 aromatic carbocycles. The summed E-state index contributed by atoms with van der Waals surface area (Å²) in [5.74, 6) is -0.231. The van der Waals surface area contributed by atoms with Gasteiger partial charge in [0.1, 0.15) is 23.2 Å². The normalized spacial score (nSPS) is 19.6. The molecule has 0 saturated carbocycles. The Morgan fingerprint density at radius 3 is 2.43 bits per heavy atom. The summed E-state index contributed by atoms with van der Waals surface area (Å²) in [6, 6.07) is 11.4. The van der Waals surface area contributed by atoms with E-state index in [0.29, 0.717) is 52.2 Å². The van der Waals surface area contributed by atoms with Crippen LogP contribution in [0.4, 0.5) is 14.5 Å². The maximum absolute atomic E-state index is 13.6. The number of methoxy groups -OCH3 is 1. The van der Waals surface area contributed by atoms with Gasteiger partial charge in [-0.2, -0.15) is 0 Å². The third kappa shape index (κ3) is 5.61. The van der Waals surface area contributed by atoms with E-state index in [1.807, 2.05) is 6.07 Å². The van der Waals surface area contributed by atoms with Gasteiger partial charge >= 0.3 is 0 Å². The van der Waals surface area contributed by atoms with Crippen LogP contribution in [0.5, 0.6) is 5.75 Å². The van der Waals surface area contributed by atoms with Crippen LogP contribution in [0.1, 0.15) is 38.1 Å². The van der Waals surface area contributed by atoms with Crippen molar-refractivity contribution in [2.24, 2.45) is 0 Å². The summed E-state index contributed by atoms with van der Waals surface area (Å²) in [7, 11) is 1.59. The summed E-state index contributed by atoms with van der Waals surface area (Å²) >= 11 is 0. The van der Waals surface area contributed by atoms with Gasteiger partial charge in [0.25, 0.3) is 5.56 Å². The Kier molecular flexibility index (Phi) is 6.88.